The number of nitrogens with zero attached hydrogens (tertiary/aromatic N) is 4. The third-order valence-corrected chi connectivity index (χ3v) is 3.33. The summed E-state index contributed by atoms with van der Waals surface area (Å²) in [6.07, 6.45) is 0. The van der Waals surface area contributed by atoms with Crippen LogP contribution in [0.5, 0.6) is 0 Å². The largest absolute Gasteiger partial charge is 0.399 e. The van der Waals surface area contributed by atoms with Gasteiger partial charge in [0.15, 0.2) is 5.82 Å². The summed E-state index contributed by atoms with van der Waals surface area (Å²) in [7, 11) is 1.64. The van der Waals surface area contributed by atoms with E-state index in [4.69, 9.17) is 15.2 Å². The van der Waals surface area contributed by atoms with E-state index < -0.39 is 0 Å². The molecule has 2 aromatic rings. The molecule has 0 saturated carbocycles. The van der Waals surface area contributed by atoms with Crippen LogP contribution in [0, 0.1) is 0 Å². The maximum atomic E-state index is 5.80. The highest BCUT2D eigenvalue weighted by atomic mass is 79.9. The minimum absolute atomic E-state index is 0.515. The van der Waals surface area contributed by atoms with Crippen LogP contribution in [0.15, 0.2) is 22.7 Å². The molecule has 0 amide bonds. The second kappa shape index (κ2) is 7.32. The fourth-order valence-corrected chi connectivity index (χ4v) is 2.08. The predicted molar refractivity (Wildman–Crippen MR) is 78.1 cm³/mol. The van der Waals surface area contributed by atoms with Crippen molar-refractivity contribution in [2.24, 2.45) is 0 Å². The number of anilines is 1. The van der Waals surface area contributed by atoms with Crippen LogP contribution in [0.4, 0.5) is 5.69 Å². The maximum Gasteiger partial charge on any atom is 0.183 e. The lowest BCUT2D eigenvalue weighted by Gasteiger charge is -2.07. The lowest BCUT2D eigenvalue weighted by atomic mass is 10.2. The van der Waals surface area contributed by atoms with Gasteiger partial charge in [-0.1, -0.05) is 15.9 Å². The SMILES string of the molecule is COCCOCCn1nnnc1-c1cc(N)ccc1Br. The molecule has 7 nitrogen and oxygen atoms in total. The summed E-state index contributed by atoms with van der Waals surface area (Å²) in [5.41, 5.74) is 7.32. The predicted octanol–water partition coefficient (Wildman–Crippen LogP) is 1.35. The Morgan fingerprint density at radius 1 is 1.30 bits per heavy atom. The molecule has 0 fully saturated rings. The average Bonchev–Trinajstić information content (AvgIpc) is 2.89. The summed E-state index contributed by atoms with van der Waals surface area (Å²) >= 11 is 3.48. The lowest BCUT2D eigenvalue weighted by molar-refractivity contribution is 0.0654. The van der Waals surface area contributed by atoms with Crippen LogP contribution in [-0.2, 0) is 16.0 Å². The number of nitrogen functional groups attached to an aromatic ring is 1. The minimum atomic E-state index is 0.515. The minimum Gasteiger partial charge on any atom is -0.399 e. The number of hydrogen-bond acceptors (Lipinski definition) is 6. The van der Waals surface area contributed by atoms with Crippen LogP contribution >= 0.6 is 15.9 Å². The number of benzene rings is 1. The van der Waals surface area contributed by atoms with Gasteiger partial charge in [0.2, 0.25) is 0 Å². The monoisotopic (exact) mass is 341 g/mol. The number of hydrogen-bond donors (Lipinski definition) is 1. The molecule has 1 heterocycles. The highest BCUT2D eigenvalue weighted by molar-refractivity contribution is 9.10. The molecule has 0 atom stereocenters. The van der Waals surface area contributed by atoms with Gasteiger partial charge in [-0.05, 0) is 28.6 Å². The first-order valence-electron chi connectivity index (χ1n) is 6.10. The van der Waals surface area contributed by atoms with E-state index in [0.717, 1.165) is 10.0 Å². The fourth-order valence-electron chi connectivity index (χ4n) is 1.66. The first kappa shape index (κ1) is 14.9. The number of aromatic nitrogens is 4. The van der Waals surface area contributed by atoms with Gasteiger partial charge in [0.05, 0.1) is 26.4 Å². The van der Waals surface area contributed by atoms with Crippen molar-refractivity contribution < 1.29 is 9.47 Å². The second-order valence-electron chi connectivity index (χ2n) is 4.07. The van der Waals surface area contributed by atoms with Gasteiger partial charge in [-0.3, -0.25) is 0 Å². The highest BCUT2D eigenvalue weighted by Gasteiger charge is 2.12. The Hall–Kier alpha value is -1.51. The summed E-state index contributed by atoms with van der Waals surface area (Å²) in [6, 6.07) is 5.52. The molecular formula is C12H16BrN5O2. The van der Waals surface area contributed by atoms with Gasteiger partial charge < -0.3 is 15.2 Å². The molecule has 0 radical (unpaired) electrons. The van der Waals surface area contributed by atoms with Crippen molar-refractivity contribution in [1.29, 1.82) is 0 Å². The van der Waals surface area contributed by atoms with Gasteiger partial charge in [-0.2, -0.15) is 0 Å². The Morgan fingerprint density at radius 2 is 2.15 bits per heavy atom. The third-order valence-electron chi connectivity index (χ3n) is 2.64. The van der Waals surface area contributed by atoms with E-state index in [1.54, 1.807) is 11.8 Å². The summed E-state index contributed by atoms with van der Waals surface area (Å²) in [5.74, 6) is 0.652. The molecule has 0 aliphatic carbocycles. The quantitative estimate of drug-likeness (QED) is 0.604. The van der Waals surface area contributed by atoms with Crippen LogP contribution in [0.2, 0.25) is 0 Å². The Morgan fingerprint density at radius 3 is 2.95 bits per heavy atom. The Kier molecular flexibility index (Phi) is 5.45. The topological polar surface area (TPSA) is 88.1 Å². The van der Waals surface area contributed by atoms with E-state index in [2.05, 4.69) is 31.5 Å². The zero-order chi connectivity index (χ0) is 14.4. The van der Waals surface area contributed by atoms with E-state index >= 15 is 0 Å². The van der Waals surface area contributed by atoms with Crippen molar-refractivity contribution in [1.82, 2.24) is 20.2 Å². The molecule has 0 bridgehead atoms. The van der Waals surface area contributed by atoms with Gasteiger partial charge in [0, 0.05) is 22.8 Å². The summed E-state index contributed by atoms with van der Waals surface area (Å²) < 4.78 is 12.9. The van der Waals surface area contributed by atoms with Crippen LogP contribution in [0.1, 0.15) is 0 Å². The molecule has 1 aromatic heterocycles. The van der Waals surface area contributed by atoms with Crippen molar-refractivity contribution >= 4 is 21.6 Å². The van der Waals surface area contributed by atoms with Crippen molar-refractivity contribution in [3.8, 4) is 11.4 Å². The Balaban J connectivity index is 2.06. The molecule has 20 heavy (non-hydrogen) atoms. The second-order valence-corrected chi connectivity index (χ2v) is 4.92. The average molecular weight is 342 g/mol. The molecule has 0 aliphatic rings. The van der Waals surface area contributed by atoms with E-state index in [1.165, 1.54) is 0 Å². The van der Waals surface area contributed by atoms with Crippen molar-refractivity contribution in [2.45, 2.75) is 6.54 Å². The molecule has 1 aromatic carbocycles. The first-order chi connectivity index (χ1) is 9.72. The number of ether oxygens (including phenoxy) is 2. The molecule has 8 heteroatoms. The van der Waals surface area contributed by atoms with Gasteiger partial charge >= 0.3 is 0 Å². The number of methoxy groups -OCH3 is 1. The van der Waals surface area contributed by atoms with Crippen molar-refractivity contribution in [3.05, 3.63) is 22.7 Å². The molecular weight excluding hydrogens is 326 g/mol. The standard InChI is InChI=1S/C12H16BrN5O2/c1-19-6-7-20-5-4-18-12(15-16-17-18)10-8-9(14)2-3-11(10)13/h2-3,8H,4-7,14H2,1H3. The molecule has 0 unspecified atom stereocenters. The molecule has 2 N–H and O–H groups in total. The van der Waals surface area contributed by atoms with Gasteiger partial charge in [-0.25, -0.2) is 4.68 Å². The smallest absolute Gasteiger partial charge is 0.183 e. The number of halogens is 1. The van der Waals surface area contributed by atoms with Gasteiger partial charge in [-0.15, -0.1) is 5.10 Å². The summed E-state index contributed by atoms with van der Waals surface area (Å²) in [4.78, 5) is 0. The van der Waals surface area contributed by atoms with Crippen LogP contribution < -0.4 is 5.73 Å². The van der Waals surface area contributed by atoms with Crippen LogP contribution in [-0.4, -0.2) is 47.1 Å². The molecule has 2 rings (SSSR count). The van der Waals surface area contributed by atoms with Crippen LogP contribution in [0.3, 0.4) is 0 Å². The van der Waals surface area contributed by atoms with Crippen LogP contribution in [0.25, 0.3) is 11.4 Å². The Labute approximate surface area is 125 Å². The van der Waals surface area contributed by atoms with Crippen molar-refractivity contribution in [3.63, 3.8) is 0 Å². The van der Waals surface area contributed by atoms with Crippen molar-refractivity contribution in [2.75, 3.05) is 32.7 Å². The molecule has 0 saturated heterocycles. The molecule has 108 valence electrons. The number of nitrogens with two attached hydrogens (primary N) is 1. The number of rotatable bonds is 7. The fraction of sp³-hybridized carbons (Fsp3) is 0.417. The van der Waals surface area contributed by atoms with Gasteiger partial charge in [0.25, 0.3) is 0 Å². The first-order valence-corrected chi connectivity index (χ1v) is 6.90. The Bertz CT molecular complexity index is 561. The summed E-state index contributed by atoms with van der Waals surface area (Å²) in [5, 5.41) is 11.7. The van der Waals surface area contributed by atoms with Gasteiger partial charge in [0.1, 0.15) is 0 Å². The zero-order valence-electron chi connectivity index (χ0n) is 11.1. The molecule has 0 aliphatic heterocycles. The van der Waals surface area contributed by atoms with E-state index in [9.17, 15) is 0 Å². The normalized spacial score (nSPS) is 10.9. The lowest BCUT2D eigenvalue weighted by Crippen LogP contribution is -2.11. The maximum absolute atomic E-state index is 5.80. The van der Waals surface area contributed by atoms with E-state index in [0.29, 0.717) is 37.9 Å². The number of tetrazole rings is 1. The summed E-state index contributed by atoms with van der Waals surface area (Å²) in [6.45, 7) is 2.20. The molecule has 0 spiro atoms. The van der Waals surface area contributed by atoms with E-state index in [-0.39, 0.29) is 0 Å². The third kappa shape index (κ3) is 3.75. The zero-order valence-corrected chi connectivity index (χ0v) is 12.7. The highest BCUT2D eigenvalue weighted by Crippen LogP contribution is 2.28. The van der Waals surface area contributed by atoms with E-state index in [1.807, 2.05) is 18.2 Å².